The number of phenols is 1. The van der Waals surface area contributed by atoms with Crippen molar-refractivity contribution in [1.82, 2.24) is 23.5 Å². The van der Waals surface area contributed by atoms with Crippen molar-refractivity contribution in [2.45, 2.75) is 38.4 Å². The number of methoxy groups -OCH3 is 2. The van der Waals surface area contributed by atoms with E-state index in [4.69, 9.17) is 14.2 Å². The summed E-state index contributed by atoms with van der Waals surface area (Å²) in [6, 6.07) is 7.35. The van der Waals surface area contributed by atoms with Gasteiger partial charge in [0.25, 0.3) is 5.56 Å². The van der Waals surface area contributed by atoms with E-state index < -0.39 is 23.3 Å². The first-order valence-corrected chi connectivity index (χ1v) is 17.2. The van der Waals surface area contributed by atoms with Crippen molar-refractivity contribution >= 4 is 45.2 Å². The predicted molar refractivity (Wildman–Crippen MR) is 192 cm³/mol. The maximum Gasteiger partial charge on any atom is 0.347 e. The van der Waals surface area contributed by atoms with E-state index in [1.165, 1.54) is 40.3 Å². The van der Waals surface area contributed by atoms with Crippen LogP contribution in [0.15, 0.2) is 89.0 Å². The van der Waals surface area contributed by atoms with Crippen LogP contribution in [-0.4, -0.2) is 54.4 Å². The second-order valence-corrected chi connectivity index (χ2v) is 13.9. The molecule has 1 N–H and O–H groups in total. The summed E-state index contributed by atoms with van der Waals surface area (Å²) in [7, 11) is 4.60. The van der Waals surface area contributed by atoms with Crippen molar-refractivity contribution in [3.8, 4) is 23.0 Å². The first-order valence-electron chi connectivity index (χ1n) is 16.1. The first kappa shape index (κ1) is 32.7. The van der Waals surface area contributed by atoms with Crippen LogP contribution in [-0.2, 0) is 42.6 Å². The van der Waals surface area contributed by atoms with Gasteiger partial charge in [-0.1, -0.05) is 6.08 Å². The van der Waals surface area contributed by atoms with Gasteiger partial charge in [0.1, 0.15) is 17.2 Å². The zero-order valence-corrected chi connectivity index (χ0v) is 29.8. The maximum absolute atomic E-state index is 14.2. The highest BCUT2D eigenvalue weighted by molar-refractivity contribution is 14.1. The van der Waals surface area contributed by atoms with Crippen LogP contribution in [0, 0.1) is 5.92 Å². The Morgan fingerprint density at radius 3 is 2.57 bits per heavy atom. The van der Waals surface area contributed by atoms with Gasteiger partial charge < -0.3 is 23.9 Å². The first-order chi connectivity index (χ1) is 24.5. The minimum atomic E-state index is -0.745. The number of carbonyl (C=O) groups is 2. The Bertz CT molecular complexity index is 2560. The number of Topliss-reactive ketones (excluding diaryl/α,β-unsaturated/α-hetero) is 1. The fourth-order valence-electron chi connectivity index (χ4n) is 7.61. The average molecular weight is 804 g/mol. The Kier molecular flexibility index (Phi) is 7.77. The third-order valence-corrected chi connectivity index (χ3v) is 10.8. The standard InChI is InChI=1S/C36H30IN5O9/c1-39-26-15-30(50-3)29(49-2)14-24(26)38-23(34(39)46)7-8-40-35(47)41-9-6-20-25(42(41)36(40)48)12-21-27(44)13-22(37)33(45)32(21)31(20)18-10-17-11-19(43)4-5-28(17)51-16-18/h4-6,11,13-16,25,31,43H,7-10,12H2,1-3H3. The lowest BCUT2D eigenvalue weighted by atomic mass is 9.68. The molecule has 2 aromatic carbocycles. The largest absolute Gasteiger partial charge is 0.508 e. The van der Waals surface area contributed by atoms with Gasteiger partial charge >= 0.3 is 11.4 Å². The Morgan fingerprint density at radius 1 is 1.04 bits per heavy atom. The van der Waals surface area contributed by atoms with Gasteiger partial charge in [0.05, 0.1) is 47.7 Å². The number of aromatic nitrogens is 5. The molecular formula is C36H30IN5O9. The number of rotatable bonds is 6. The van der Waals surface area contributed by atoms with Crippen LogP contribution in [0.5, 0.6) is 23.0 Å². The van der Waals surface area contributed by atoms with E-state index in [2.05, 4.69) is 4.98 Å². The fourth-order valence-corrected chi connectivity index (χ4v) is 8.18. The van der Waals surface area contributed by atoms with Gasteiger partial charge in [-0.05, 0) is 51.9 Å². The highest BCUT2D eigenvalue weighted by Crippen LogP contribution is 2.50. The summed E-state index contributed by atoms with van der Waals surface area (Å²) in [6.07, 6.45) is 5.07. The molecule has 51 heavy (non-hydrogen) atoms. The lowest BCUT2D eigenvalue weighted by molar-refractivity contribution is -0.116. The van der Waals surface area contributed by atoms with Crippen LogP contribution in [0.3, 0.4) is 0 Å². The lowest BCUT2D eigenvalue weighted by Crippen LogP contribution is -2.42. The summed E-state index contributed by atoms with van der Waals surface area (Å²) >= 11 is 1.87. The van der Waals surface area contributed by atoms with Crippen LogP contribution in [0.25, 0.3) is 11.0 Å². The molecule has 0 fully saturated rings. The number of fused-ring (bicyclic) bond motifs is 5. The summed E-state index contributed by atoms with van der Waals surface area (Å²) in [5.74, 6) is 0.197. The van der Waals surface area contributed by atoms with E-state index >= 15 is 0 Å². The minimum absolute atomic E-state index is 0.00824. The summed E-state index contributed by atoms with van der Waals surface area (Å²) in [6.45, 7) is -0.0764. The molecule has 4 heterocycles. The Hall–Kier alpha value is -5.45. The highest BCUT2D eigenvalue weighted by Gasteiger charge is 2.46. The number of halogens is 1. The molecule has 2 atom stereocenters. The molecule has 0 bridgehead atoms. The second-order valence-electron chi connectivity index (χ2n) is 12.7. The summed E-state index contributed by atoms with van der Waals surface area (Å²) in [5, 5.41) is 10.2. The molecule has 8 rings (SSSR count). The summed E-state index contributed by atoms with van der Waals surface area (Å²) < 4.78 is 22.2. The molecule has 15 heteroatoms. The van der Waals surface area contributed by atoms with Gasteiger partial charge in [-0.3, -0.25) is 14.4 Å². The van der Waals surface area contributed by atoms with Crippen molar-refractivity contribution < 1.29 is 28.9 Å². The summed E-state index contributed by atoms with van der Waals surface area (Å²) in [5.41, 5.74) is 2.31. The van der Waals surface area contributed by atoms with E-state index in [0.717, 1.165) is 4.57 Å². The Morgan fingerprint density at radius 2 is 1.80 bits per heavy atom. The number of ketones is 2. The van der Waals surface area contributed by atoms with Crippen molar-refractivity contribution in [2.24, 2.45) is 13.0 Å². The van der Waals surface area contributed by atoms with Crippen molar-refractivity contribution in [2.75, 3.05) is 14.2 Å². The molecule has 0 amide bonds. The third kappa shape index (κ3) is 5.04. The number of allylic oxidation sites excluding steroid dienone is 7. The quantitative estimate of drug-likeness (QED) is 0.174. The molecule has 4 aliphatic rings. The molecule has 0 radical (unpaired) electrons. The van der Waals surface area contributed by atoms with E-state index in [0.29, 0.717) is 57.0 Å². The molecule has 0 saturated heterocycles. The van der Waals surface area contributed by atoms with E-state index in [9.17, 15) is 29.1 Å². The normalized spacial score (nSPS) is 19.3. The maximum atomic E-state index is 14.2. The lowest BCUT2D eigenvalue weighted by Gasteiger charge is -2.40. The topological polar surface area (TPSA) is 166 Å². The van der Waals surface area contributed by atoms with Crippen LogP contribution >= 0.6 is 22.6 Å². The number of phenolic OH excluding ortho intramolecular Hbond substituents is 1. The van der Waals surface area contributed by atoms with E-state index in [-0.39, 0.29) is 63.7 Å². The highest BCUT2D eigenvalue weighted by atomic mass is 127. The van der Waals surface area contributed by atoms with Gasteiger partial charge in [0.2, 0.25) is 0 Å². The Labute approximate surface area is 302 Å². The van der Waals surface area contributed by atoms with Crippen LogP contribution < -0.4 is 31.1 Å². The average Bonchev–Trinajstić information content (AvgIpc) is 3.37. The van der Waals surface area contributed by atoms with Gasteiger partial charge in [-0.15, -0.1) is 0 Å². The SMILES string of the molecule is COc1cc2nc(CCn3c(=O)n4n(c3=O)C3CC5=C(C(=O)C(I)=CC5=O)C(C5=COc6ccc(O)cc6C5)C3=CC4)c(=O)n(C)c2cc1OC. The molecule has 260 valence electrons. The van der Waals surface area contributed by atoms with E-state index in [1.807, 2.05) is 28.7 Å². The number of benzene rings is 2. The fraction of sp³-hybridized carbons (Fsp3) is 0.278. The molecule has 0 spiro atoms. The molecule has 0 saturated carbocycles. The number of nitrogens with zero attached hydrogens (tertiary/aromatic N) is 5. The second kappa shape index (κ2) is 12.1. The van der Waals surface area contributed by atoms with Crippen LogP contribution in [0.4, 0.5) is 0 Å². The van der Waals surface area contributed by atoms with Gasteiger partial charge in [0.15, 0.2) is 23.1 Å². The van der Waals surface area contributed by atoms with Gasteiger partial charge in [-0.25, -0.2) is 28.5 Å². The summed E-state index contributed by atoms with van der Waals surface area (Å²) in [4.78, 5) is 73.1. The molecule has 4 aromatic rings. The number of carbonyl (C=O) groups excluding carboxylic acids is 2. The molecule has 14 nitrogen and oxygen atoms in total. The third-order valence-electron chi connectivity index (χ3n) is 10.0. The minimum Gasteiger partial charge on any atom is -0.508 e. The molecule has 2 aliphatic heterocycles. The van der Waals surface area contributed by atoms with Crippen molar-refractivity contribution in [3.63, 3.8) is 0 Å². The molecule has 2 aromatic heterocycles. The van der Waals surface area contributed by atoms with E-state index in [1.54, 1.807) is 37.6 Å². The number of aryl methyl sites for hydroxylation is 2. The monoisotopic (exact) mass is 803 g/mol. The van der Waals surface area contributed by atoms with Gasteiger partial charge in [-0.2, -0.15) is 0 Å². The van der Waals surface area contributed by atoms with Gasteiger partial charge in [0, 0.05) is 73.7 Å². The smallest absolute Gasteiger partial charge is 0.347 e. The molecule has 2 aliphatic carbocycles. The molecule has 2 unspecified atom stereocenters. The number of ether oxygens (including phenoxy) is 3. The zero-order chi connectivity index (χ0) is 35.9. The predicted octanol–water partition coefficient (Wildman–Crippen LogP) is 2.81. The van der Waals surface area contributed by atoms with Crippen LogP contribution in [0.2, 0.25) is 0 Å². The molecular weight excluding hydrogens is 773 g/mol. The Balaban J connectivity index is 1.18. The number of hydrogen-bond donors (Lipinski definition) is 1. The van der Waals surface area contributed by atoms with Crippen molar-refractivity contribution in [1.29, 1.82) is 0 Å². The zero-order valence-electron chi connectivity index (χ0n) is 27.6. The van der Waals surface area contributed by atoms with Crippen LogP contribution in [0.1, 0.15) is 23.7 Å². The number of hydrogen-bond acceptors (Lipinski definition) is 10. The number of aromatic hydroxyl groups is 1. The van der Waals surface area contributed by atoms with Crippen molar-refractivity contribution in [3.05, 3.63) is 117 Å².